The van der Waals surface area contributed by atoms with Crippen molar-refractivity contribution < 1.29 is 19.4 Å². The topological polar surface area (TPSA) is 75.6 Å². The number of rotatable bonds is 6. The quantitative estimate of drug-likeness (QED) is 0.753. The molecule has 1 aromatic rings. The lowest BCUT2D eigenvalue weighted by Gasteiger charge is -2.09. The normalized spacial score (nSPS) is 9.89. The molecule has 1 aromatic carbocycles. The lowest BCUT2D eigenvalue weighted by atomic mass is 10.1. The number of ether oxygens (including phenoxy) is 1. The summed E-state index contributed by atoms with van der Waals surface area (Å²) in [4.78, 5) is 21.7. The molecule has 5 nitrogen and oxygen atoms in total. The summed E-state index contributed by atoms with van der Waals surface area (Å²) in [6, 6.07) is 4.71. The Morgan fingerprint density at radius 3 is 2.67 bits per heavy atom. The van der Waals surface area contributed by atoms with Gasteiger partial charge in [-0.3, -0.25) is 4.79 Å². The van der Waals surface area contributed by atoms with E-state index in [4.69, 9.17) is 9.84 Å². The first kappa shape index (κ1) is 14.0. The van der Waals surface area contributed by atoms with E-state index in [-0.39, 0.29) is 11.5 Å². The molecule has 0 aliphatic heterocycles. The number of aromatic carboxylic acids is 1. The predicted molar refractivity (Wildman–Crippen MR) is 66.9 cm³/mol. The number of carbonyl (C=O) groups is 2. The average molecular weight is 251 g/mol. The largest absolute Gasteiger partial charge is 0.493 e. The van der Waals surface area contributed by atoms with Gasteiger partial charge in [0.15, 0.2) is 0 Å². The Morgan fingerprint density at radius 1 is 1.39 bits per heavy atom. The molecule has 18 heavy (non-hydrogen) atoms. The standard InChI is InChI=1S/C13H17NO4/c1-9-8-10(13(16)17)5-6-11(9)18-7-3-4-12(15)14-2/h5-6,8H,3-4,7H2,1-2H3,(H,14,15)(H,16,17). The Labute approximate surface area is 106 Å². The van der Waals surface area contributed by atoms with Gasteiger partial charge in [-0.15, -0.1) is 0 Å². The van der Waals surface area contributed by atoms with Crippen LogP contribution in [0.3, 0.4) is 0 Å². The fraction of sp³-hybridized carbons (Fsp3) is 0.385. The summed E-state index contributed by atoms with van der Waals surface area (Å²) >= 11 is 0. The van der Waals surface area contributed by atoms with Gasteiger partial charge in [-0.25, -0.2) is 4.79 Å². The van der Waals surface area contributed by atoms with Crippen molar-refractivity contribution in [1.82, 2.24) is 5.32 Å². The number of benzene rings is 1. The van der Waals surface area contributed by atoms with Crippen LogP contribution in [0.4, 0.5) is 0 Å². The molecule has 0 fully saturated rings. The van der Waals surface area contributed by atoms with Crippen LogP contribution < -0.4 is 10.1 Å². The van der Waals surface area contributed by atoms with Gasteiger partial charge in [0.2, 0.25) is 5.91 Å². The molecule has 0 spiro atoms. The van der Waals surface area contributed by atoms with Gasteiger partial charge in [0.05, 0.1) is 12.2 Å². The van der Waals surface area contributed by atoms with Crippen LogP contribution in [0.1, 0.15) is 28.8 Å². The zero-order chi connectivity index (χ0) is 13.5. The fourth-order valence-electron chi connectivity index (χ4n) is 1.48. The Balaban J connectivity index is 2.48. The van der Waals surface area contributed by atoms with Crippen molar-refractivity contribution in [3.05, 3.63) is 29.3 Å². The first-order valence-electron chi connectivity index (χ1n) is 5.72. The second kappa shape index (κ2) is 6.64. The highest BCUT2D eigenvalue weighted by Crippen LogP contribution is 2.19. The lowest BCUT2D eigenvalue weighted by molar-refractivity contribution is -0.120. The highest BCUT2D eigenvalue weighted by molar-refractivity contribution is 5.88. The number of hydrogen-bond acceptors (Lipinski definition) is 3. The molecule has 0 bridgehead atoms. The van der Waals surface area contributed by atoms with E-state index in [1.54, 1.807) is 26.1 Å². The number of aryl methyl sites for hydroxylation is 1. The van der Waals surface area contributed by atoms with Crippen LogP contribution in [0.25, 0.3) is 0 Å². The summed E-state index contributed by atoms with van der Waals surface area (Å²) in [5.74, 6) is -0.322. The lowest BCUT2D eigenvalue weighted by Crippen LogP contribution is -2.18. The zero-order valence-electron chi connectivity index (χ0n) is 10.5. The van der Waals surface area contributed by atoms with Gasteiger partial charge in [0.1, 0.15) is 5.75 Å². The SMILES string of the molecule is CNC(=O)CCCOc1ccc(C(=O)O)cc1C. The third-order valence-corrected chi connectivity index (χ3v) is 2.51. The summed E-state index contributed by atoms with van der Waals surface area (Å²) in [5, 5.41) is 11.4. The summed E-state index contributed by atoms with van der Waals surface area (Å²) in [6.07, 6.45) is 1.04. The summed E-state index contributed by atoms with van der Waals surface area (Å²) in [6.45, 7) is 2.22. The monoisotopic (exact) mass is 251 g/mol. The maximum absolute atomic E-state index is 11.0. The van der Waals surface area contributed by atoms with Crippen molar-refractivity contribution in [1.29, 1.82) is 0 Å². The van der Waals surface area contributed by atoms with Crippen LogP contribution in [0.2, 0.25) is 0 Å². The number of nitrogens with one attached hydrogen (secondary N) is 1. The number of amides is 1. The van der Waals surface area contributed by atoms with Crippen LogP contribution in [0, 0.1) is 6.92 Å². The van der Waals surface area contributed by atoms with E-state index >= 15 is 0 Å². The minimum Gasteiger partial charge on any atom is -0.493 e. The molecule has 98 valence electrons. The van der Waals surface area contributed by atoms with Crippen LogP contribution in [-0.2, 0) is 4.79 Å². The number of carboxylic acid groups (broad SMARTS) is 1. The van der Waals surface area contributed by atoms with Gasteiger partial charge in [-0.1, -0.05) is 0 Å². The maximum Gasteiger partial charge on any atom is 0.335 e. The van der Waals surface area contributed by atoms with Crippen molar-refractivity contribution in [3.8, 4) is 5.75 Å². The molecule has 0 atom stereocenters. The first-order valence-corrected chi connectivity index (χ1v) is 5.72. The Kier molecular flexibility index (Phi) is 5.17. The fourth-order valence-corrected chi connectivity index (χ4v) is 1.48. The molecule has 0 heterocycles. The first-order chi connectivity index (χ1) is 8.54. The molecule has 2 N–H and O–H groups in total. The molecule has 0 aliphatic rings. The molecule has 1 amide bonds. The molecule has 0 aromatic heterocycles. The van der Waals surface area contributed by atoms with E-state index in [1.807, 2.05) is 0 Å². The van der Waals surface area contributed by atoms with Crippen molar-refractivity contribution in [2.75, 3.05) is 13.7 Å². The van der Waals surface area contributed by atoms with E-state index in [0.717, 1.165) is 5.56 Å². The van der Waals surface area contributed by atoms with Crippen LogP contribution in [0.15, 0.2) is 18.2 Å². The van der Waals surface area contributed by atoms with Crippen LogP contribution >= 0.6 is 0 Å². The average Bonchev–Trinajstić information content (AvgIpc) is 2.35. The highest BCUT2D eigenvalue weighted by Gasteiger charge is 2.06. The molecule has 5 heteroatoms. The summed E-state index contributed by atoms with van der Waals surface area (Å²) in [5.41, 5.74) is 1.01. The maximum atomic E-state index is 11.0. The molecule has 0 radical (unpaired) electrons. The Hall–Kier alpha value is -2.04. The summed E-state index contributed by atoms with van der Waals surface area (Å²) < 4.78 is 5.49. The van der Waals surface area contributed by atoms with Crippen molar-refractivity contribution in [2.45, 2.75) is 19.8 Å². The van der Waals surface area contributed by atoms with E-state index in [1.165, 1.54) is 6.07 Å². The molecule has 0 saturated carbocycles. The molecule has 0 unspecified atom stereocenters. The van der Waals surface area contributed by atoms with Gasteiger partial charge in [-0.05, 0) is 37.1 Å². The van der Waals surface area contributed by atoms with E-state index in [2.05, 4.69) is 5.32 Å². The highest BCUT2D eigenvalue weighted by atomic mass is 16.5. The van der Waals surface area contributed by atoms with Gasteiger partial charge in [0.25, 0.3) is 0 Å². The molecule has 0 saturated heterocycles. The van der Waals surface area contributed by atoms with Gasteiger partial charge in [-0.2, -0.15) is 0 Å². The third-order valence-electron chi connectivity index (χ3n) is 2.51. The van der Waals surface area contributed by atoms with E-state index < -0.39 is 5.97 Å². The third kappa shape index (κ3) is 4.08. The van der Waals surface area contributed by atoms with Gasteiger partial charge < -0.3 is 15.2 Å². The number of carboxylic acids is 1. The van der Waals surface area contributed by atoms with Crippen LogP contribution in [0.5, 0.6) is 5.75 Å². The zero-order valence-corrected chi connectivity index (χ0v) is 10.5. The van der Waals surface area contributed by atoms with Crippen LogP contribution in [-0.4, -0.2) is 30.6 Å². The minimum absolute atomic E-state index is 0.0171. The van der Waals surface area contributed by atoms with Crippen molar-refractivity contribution in [3.63, 3.8) is 0 Å². The van der Waals surface area contributed by atoms with Crippen molar-refractivity contribution >= 4 is 11.9 Å². The molecule has 0 aliphatic carbocycles. The van der Waals surface area contributed by atoms with Gasteiger partial charge >= 0.3 is 5.97 Å². The smallest absolute Gasteiger partial charge is 0.335 e. The Morgan fingerprint density at radius 2 is 2.11 bits per heavy atom. The second-order valence-corrected chi connectivity index (χ2v) is 3.91. The second-order valence-electron chi connectivity index (χ2n) is 3.91. The van der Waals surface area contributed by atoms with E-state index in [0.29, 0.717) is 25.2 Å². The molecular formula is C13H17NO4. The summed E-state index contributed by atoms with van der Waals surface area (Å²) in [7, 11) is 1.60. The Bertz CT molecular complexity index is 443. The van der Waals surface area contributed by atoms with Crippen molar-refractivity contribution in [2.24, 2.45) is 0 Å². The van der Waals surface area contributed by atoms with Gasteiger partial charge in [0, 0.05) is 13.5 Å². The molecule has 1 rings (SSSR count). The number of carbonyl (C=O) groups excluding carboxylic acids is 1. The number of hydrogen-bond donors (Lipinski definition) is 2. The minimum atomic E-state index is -0.954. The molecular weight excluding hydrogens is 234 g/mol. The predicted octanol–water partition coefficient (Wildman–Crippen LogP) is 1.60. The van der Waals surface area contributed by atoms with E-state index in [9.17, 15) is 9.59 Å².